The van der Waals surface area contributed by atoms with Crippen LogP contribution in [-0.4, -0.2) is 59.0 Å². The summed E-state index contributed by atoms with van der Waals surface area (Å²) in [6.45, 7) is 2.36. The van der Waals surface area contributed by atoms with Gasteiger partial charge in [-0.2, -0.15) is 0 Å². The molecule has 0 saturated carbocycles. The van der Waals surface area contributed by atoms with Gasteiger partial charge in [-0.15, -0.1) is 0 Å². The van der Waals surface area contributed by atoms with E-state index in [1.807, 2.05) is 12.1 Å². The van der Waals surface area contributed by atoms with Crippen molar-refractivity contribution in [3.05, 3.63) is 47.8 Å². The summed E-state index contributed by atoms with van der Waals surface area (Å²) in [5.74, 6) is 0. The molecule has 2 saturated heterocycles. The third kappa shape index (κ3) is 4.50. The molecule has 28 heavy (non-hydrogen) atoms. The predicted molar refractivity (Wildman–Crippen MR) is 118 cm³/mol. The molecule has 0 spiro atoms. The average molecular weight is 377 g/mol. The number of rotatable bonds is 4. The minimum Gasteiger partial charge on any atom is -0.300 e. The number of hydrogen-bond donors (Lipinski definition) is 0. The zero-order valence-corrected chi connectivity index (χ0v) is 17.2. The number of nitrogens with zero attached hydrogens (tertiary/aromatic N) is 4. The molecule has 4 heteroatoms. The first-order valence-corrected chi connectivity index (χ1v) is 10.7. The highest BCUT2D eigenvalue weighted by Crippen LogP contribution is 2.21. The lowest BCUT2D eigenvalue weighted by Gasteiger charge is -2.30. The molecule has 2 fully saturated rings. The minimum absolute atomic E-state index is 0.503. The summed E-state index contributed by atoms with van der Waals surface area (Å²) >= 11 is 0. The van der Waals surface area contributed by atoms with Gasteiger partial charge in [-0.1, -0.05) is 37.1 Å². The Morgan fingerprint density at radius 2 is 1.21 bits per heavy atom. The summed E-state index contributed by atoms with van der Waals surface area (Å²) in [7, 11) is 4.44. The molecule has 2 unspecified atom stereocenters. The van der Waals surface area contributed by atoms with Gasteiger partial charge in [0.15, 0.2) is 0 Å². The molecule has 0 aliphatic carbocycles. The number of para-hydroxylation sites is 2. The highest BCUT2D eigenvalue weighted by molar-refractivity contribution is 5.78. The fraction of sp³-hybridized carbons (Fsp3) is 0.500. The molecule has 0 bridgehead atoms. The van der Waals surface area contributed by atoms with E-state index < -0.39 is 0 Å². The third-order valence-electron chi connectivity index (χ3n) is 6.23. The quantitative estimate of drug-likeness (QED) is 0.779. The van der Waals surface area contributed by atoms with Gasteiger partial charge in [0.05, 0.1) is 22.4 Å². The Bertz CT molecular complexity index is 786. The van der Waals surface area contributed by atoms with E-state index in [1.54, 1.807) is 0 Å². The smallest absolute Gasteiger partial charge is 0.0894 e. The average Bonchev–Trinajstić information content (AvgIpc) is 2.72. The summed E-state index contributed by atoms with van der Waals surface area (Å²) in [6.07, 6.45) is 16.7. The first-order valence-electron chi connectivity index (χ1n) is 10.7. The number of benzene rings is 1. The molecule has 1 aromatic heterocycles. The highest BCUT2D eigenvalue weighted by Gasteiger charge is 2.17. The van der Waals surface area contributed by atoms with Crippen LogP contribution in [0.25, 0.3) is 23.2 Å². The molecule has 4 nitrogen and oxygen atoms in total. The molecule has 4 rings (SSSR count). The van der Waals surface area contributed by atoms with Crippen LogP contribution >= 0.6 is 0 Å². The van der Waals surface area contributed by atoms with E-state index in [0.29, 0.717) is 12.1 Å². The van der Waals surface area contributed by atoms with Gasteiger partial charge in [-0.3, -0.25) is 9.80 Å². The molecular formula is C24H32N4. The van der Waals surface area contributed by atoms with Gasteiger partial charge in [-0.05, 0) is 77.2 Å². The van der Waals surface area contributed by atoms with Crippen LogP contribution in [0.1, 0.15) is 49.9 Å². The van der Waals surface area contributed by atoms with Crippen molar-refractivity contribution < 1.29 is 0 Å². The van der Waals surface area contributed by atoms with Crippen LogP contribution in [0.3, 0.4) is 0 Å². The van der Waals surface area contributed by atoms with Crippen molar-refractivity contribution in [3.63, 3.8) is 0 Å². The molecule has 0 amide bonds. The monoisotopic (exact) mass is 376 g/mol. The van der Waals surface area contributed by atoms with Crippen molar-refractivity contribution in [2.75, 3.05) is 27.2 Å². The second-order valence-corrected chi connectivity index (χ2v) is 8.29. The van der Waals surface area contributed by atoms with Crippen LogP contribution in [0.2, 0.25) is 0 Å². The van der Waals surface area contributed by atoms with E-state index >= 15 is 0 Å². The number of hydrogen-bond acceptors (Lipinski definition) is 4. The largest absolute Gasteiger partial charge is 0.300 e. The van der Waals surface area contributed by atoms with Crippen molar-refractivity contribution in [1.82, 2.24) is 19.8 Å². The van der Waals surface area contributed by atoms with E-state index in [4.69, 9.17) is 9.97 Å². The third-order valence-corrected chi connectivity index (χ3v) is 6.23. The predicted octanol–water partition coefficient (Wildman–Crippen LogP) is 4.62. The van der Waals surface area contributed by atoms with Crippen LogP contribution in [0.5, 0.6) is 0 Å². The molecular weight excluding hydrogens is 344 g/mol. The molecule has 2 aliphatic rings. The summed E-state index contributed by atoms with van der Waals surface area (Å²) in [4.78, 5) is 14.8. The Labute approximate surface area is 169 Å². The lowest BCUT2D eigenvalue weighted by atomic mass is 10.0. The second kappa shape index (κ2) is 8.97. The fourth-order valence-electron chi connectivity index (χ4n) is 4.37. The number of fused-ring (bicyclic) bond motifs is 1. The van der Waals surface area contributed by atoms with Gasteiger partial charge < -0.3 is 0 Å². The van der Waals surface area contributed by atoms with E-state index in [2.05, 4.69) is 60.3 Å². The first kappa shape index (κ1) is 19.3. The van der Waals surface area contributed by atoms with Gasteiger partial charge in [0.2, 0.25) is 0 Å². The van der Waals surface area contributed by atoms with Crippen molar-refractivity contribution >= 4 is 23.2 Å². The Balaban J connectivity index is 1.64. The van der Waals surface area contributed by atoms with Crippen LogP contribution in [0.4, 0.5) is 0 Å². The summed E-state index contributed by atoms with van der Waals surface area (Å²) in [6, 6.07) is 9.17. The maximum absolute atomic E-state index is 4.93. The van der Waals surface area contributed by atoms with Crippen LogP contribution in [0.15, 0.2) is 36.4 Å². The summed E-state index contributed by atoms with van der Waals surface area (Å²) in [5, 5.41) is 0. The first-order chi connectivity index (χ1) is 13.7. The summed E-state index contributed by atoms with van der Waals surface area (Å²) < 4.78 is 0. The zero-order chi connectivity index (χ0) is 19.3. The number of likely N-dealkylation sites (tertiary alicyclic amines) is 2. The molecule has 1 aromatic carbocycles. The van der Waals surface area contributed by atoms with Crippen molar-refractivity contribution in [1.29, 1.82) is 0 Å². The Morgan fingerprint density at radius 1 is 0.750 bits per heavy atom. The molecule has 3 heterocycles. The Hall–Kier alpha value is -2.04. The maximum atomic E-state index is 4.93. The standard InChI is InChI=1S/C24H32N4/c1-27-17-7-5-9-19(27)13-15-23-24(16-14-20-10-6-8-18-28(20)2)26-22-12-4-3-11-21(22)25-23/h3-4,11-16,19-20H,5-10,17-18H2,1-2H3/b15-13+,16-14+. The topological polar surface area (TPSA) is 32.3 Å². The van der Waals surface area contributed by atoms with E-state index in [9.17, 15) is 0 Å². The zero-order valence-electron chi connectivity index (χ0n) is 17.2. The van der Waals surface area contributed by atoms with E-state index in [0.717, 1.165) is 22.4 Å². The van der Waals surface area contributed by atoms with Crippen LogP contribution in [-0.2, 0) is 0 Å². The van der Waals surface area contributed by atoms with Crippen molar-refractivity contribution in [2.24, 2.45) is 0 Å². The minimum atomic E-state index is 0.503. The number of aromatic nitrogens is 2. The van der Waals surface area contributed by atoms with Gasteiger partial charge in [-0.25, -0.2) is 9.97 Å². The van der Waals surface area contributed by atoms with Crippen LogP contribution in [0, 0.1) is 0 Å². The van der Waals surface area contributed by atoms with Crippen molar-refractivity contribution in [3.8, 4) is 0 Å². The Morgan fingerprint density at radius 3 is 1.64 bits per heavy atom. The molecule has 0 radical (unpaired) electrons. The number of piperidine rings is 2. The highest BCUT2D eigenvalue weighted by atomic mass is 15.1. The molecule has 148 valence electrons. The molecule has 2 aliphatic heterocycles. The number of likely N-dealkylation sites (N-methyl/N-ethyl adjacent to an activating group) is 2. The molecule has 2 atom stereocenters. The maximum Gasteiger partial charge on any atom is 0.0894 e. The van der Waals surface area contributed by atoms with Gasteiger partial charge in [0, 0.05) is 12.1 Å². The second-order valence-electron chi connectivity index (χ2n) is 8.29. The van der Waals surface area contributed by atoms with E-state index in [1.165, 1.54) is 51.6 Å². The van der Waals surface area contributed by atoms with Gasteiger partial charge in [0.1, 0.15) is 0 Å². The lowest BCUT2D eigenvalue weighted by molar-refractivity contribution is 0.222. The SMILES string of the molecule is CN1CCCCC1/C=C/c1nc2ccccc2nc1/C=C/C1CCCCN1C. The van der Waals surface area contributed by atoms with Crippen LogP contribution < -0.4 is 0 Å². The Kier molecular flexibility index (Phi) is 6.18. The van der Waals surface area contributed by atoms with E-state index in [-0.39, 0.29) is 0 Å². The summed E-state index contributed by atoms with van der Waals surface area (Å²) in [5.41, 5.74) is 3.89. The lowest BCUT2D eigenvalue weighted by Crippen LogP contribution is -2.34. The molecule has 0 N–H and O–H groups in total. The van der Waals surface area contributed by atoms with Gasteiger partial charge >= 0.3 is 0 Å². The normalized spacial score (nSPS) is 25.2. The fourth-order valence-corrected chi connectivity index (χ4v) is 4.37. The molecule has 2 aromatic rings. The van der Waals surface area contributed by atoms with Crippen molar-refractivity contribution in [2.45, 2.75) is 50.6 Å². The van der Waals surface area contributed by atoms with Gasteiger partial charge in [0.25, 0.3) is 0 Å².